The summed E-state index contributed by atoms with van der Waals surface area (Å²) >= 11 is 0. The lowest BCUT2D eigenvalue weighted by atomic mass is 10.2. The van der Waals surface area contributed by atoms with Gasteiger partial charge in [-0.2, -0.15) is 5.10 Å². The molecule has 1 aliphatic carbocycles. The lowest BCUT2D eigenvalue weighted by Crippen LogP contribution is -2.35. The fraction of sp³-hybridized carbons (Fsp3) is 0.688. The smallest absolute Gasteiger partial charge is 0.158 e. The Morgan fingerprint density at radius 2 is 2.04 bits per heavy atom. The van der Waals surface area contributed by atoms with Crippen LogP contribution in [0.5, 0.6) is 0 Å². The zero-order valence-electron chi connectivity index (χ0n) is 14.5. The third-order valence-corrected chi connectivity index (χ3v) is 5.75. The predicted octanol–water partition coefficient (Wildman–Crippen LogP) is 1.96. The molecule has 6 nitrogen and oxygen atoms in total. The molecule has 0 bridgehead atoms. The van der Waals surface area contributed by atoms with E-state index < -0.39 is 10.8 Å². The van der Waals surface area contributed by atoms with Crippen molar-refractivity contribution >= 4 is 27.7 Å². The molecule has 1 aliphatic rings. The monoisotopic (exact) mass is 335 g/mol. The lowest BCUT2D eigenvalue weighted by molar-refractivity contribution is 0.660. The van der Waals surface area contributed by atoms with Gasteiger partial charge in [0.1, 0.15) is 16.9 Å². The van der Waals surface area contributed by atoms with Crippen LogP contribution in [-0.4, -0.2) is 48.6 Å². The summed E-state index contributed by atoms with van der Waals surface area (Å²) in [6.45, 7) is 7.65. The van der Waals surface area contributed by atoms with Crippen molar-refractivity contribution < 1.29 is 4.21 Å². The van der Waals surface area contributed by atoms with E-state index in [2.05, 4.69) is 15.0 Å². The fourth-order valence-electron chi connectivity index (χ4n) is 2.92. The average Bonchev–Trinajstić information content (AvgIpc) is 3.24. The summed E-state index contributed by atoms with van der Waals surface area (Å²) in [4.78, 5) is 11.6. The van der Waals surface area contributed by atoms with Crippen molar-refractivity contribution in [2.24, 2.45) is 13.0 Å². The van der Waals surface area contributed by atoms with Gasteiger partial charge in [-0.25, -0.2) is 9.97 Å². The van der Waals surface area contributed by atoms with Crippen LogP contribution in [0.1, 0.15) is 31.3 Å². The summed E-state index contributed by atoms with van der Waals surface area (Å²) in [7, 11) is 1.09. The molecule has 3 rings (SSSR count). The maximum atomic E-state index is 11.8. The van der Waals surface area contributed by atoms with E-state index in [1.807, 2.05) is 32.5 Å². The Bertz CT molecular complexity index is 752. The van der Waals surface area contributed by atoms with E-state index in [1.165, 1.54) is 12.8 Å². The van der Waals surface area contributed by atoms with Crippen LogP contribution in [-0.2, 0) is 17.8 Å². The quantitative estimate of drug-likeness (QED) is 0.807. The minimum absolute atomic E-state index is 0.105. The van der Waals surface area contributed by atoms with Gasteiger partial charge >= 0.3 is 0 Å². The molecule has 0 saturated heterocycles. The molecular formula is C16H25N5OS. The molecule has 0 N–H and O–H groups in total. The minimum Gasteiger partial charge on any atom is -0.353 e. The first-order chi connectivity index (χ1) is 10.9. The van der Waals surface area contributed by atoms with E-state index in [4.69, 9.17) is 4.98 Å². The van der Waals surface area contributed by atoms with Gasteiger partial charge < -0.3 is 4.90 Å². The number of anilines is 1. The van der Waals surface area contributed by atoms with Crippen LogP contribution in [0.2, 0.25) is 0 Å². The molecule has 0 spiro atoms. The first-order valence-corrected chi connectivity index (χ1v) is 9.74. The van der Waals surface area contributed by atoms with Crippen LogP contribution in [0.3, 0.4) is 0 Å². The highest BCUT2D eigenvalue weighted by molar-refractivity contribution is 7.84. The molecule has 0 aromatic carbocycles. The summed E-state index contributed by atoms with van der Waals surface area (Å²) < 4.78 is 13.7. The third kappa shape index (κ3) is 3.39. The summed E-state index contributed by atoms with van der Waals surface area (Å²) in [6, 6.07) is 0. The number of rotatable bonds is 6. The second-order valence-electron chi connectivity index (χ2n) is 6.66. The molecule has 0 radical (unpaired) electrons. The van der Waals surface area contributed by atoms with Crippen molar-refractivity contribution in [3.8, 4) is 0 Å². The summed E-state index contributed by atoms with van der Waals surface area (Å²) in [5.41, 5.74) is 2.82. The van der Waals surface area contributed by atoms with Gasteiger partial charge in [0.2, 0.25) is 0 Å². The van der Waals surface area contributed by atoms with Gasteiger partial charge in [-0.1, -0.05) is 0 Å². The van der Waals surface area contributed by atoms with Gasteiger partial charge in [-0.15, -0.1) is 0 Å². The lowest BCUT2D eigenvalue weighted by Gasteiger charge is -2.27. The third-order valence-electron chi connectivity index (χ3n) is 4.46. The van der Waals surface area contributed by atoms with Crippen molar-refractivity contribution in [1.29, 1.82) is 0 Å². The summed E-state index contributed by atoms with van der Waals surface area (Å²) in [5, 5.41) is 4.62. The molecule has 1 saturated carbocycles. The van der Waals surface area contributed by atoms with E-state index in [1.54, 1.807) is 6.26 Å². The van der Waals surface area contributed by atoms with Crippen LogP contribution < -0.4 is 4.90 Å². The van der Waals surface area contributed by atoms with E-state index in [-0.39, 0.29) is 5.25 Å². The van der Waals surface area contributed by atoms with Crippen LogP contribution in [0.15, 0.2) is 0 Å². The number of nitrogens with zero attached hydrogens (tertiary/aromatic N) is 5. The van der Waals surface area contributed by atoms with Crippen LogP contribution in [0.25, 0.3) is 11.0 Å². The molecule has 7 heteroatoms. The predicted molar refractivity (Wildman–Crippen MR) is 94.2 cm³/mol. The minimum atomic E-state index is -0.846. The topological polar surface area (TPSA) is 63.9 Å². The normalized spacial score (nSPS) is 17.4. The Hall–Kier alpha value is -1.50. The number of fused-ring (bicyclic) bond motifs is 1. The SMILES string of the molecule is Cc1nc(N(CC2CC2)CC(C)S(C)=O)c2c(n1)c(C)nn2C. The molecule has 23 heavy (non-hydrogen) atoms. The Balaban J connectivity index is 2.07. The molecule has 2 unspecified atom stereocenters. The molecule has 2 atom stereocenters. The van der Waals surface area contributed by atoms with E-state index in [9.17, 15) is 4.21 Å². The maximum absolute atomic E-state index is 11.8. The van der Waals surface area contributed by atoms with Gasteiger partial charge in [0.15, 0.2) is 5.82 Å². The van der Waals surface area contributed by atoms with Crippen molar-refractivity contribution in [3.63, 3.8) is 0 Å². The number of hydrogen-bond acceptors (Lipinski definition) is 5. The Morgan fingerprint density at radius 1 is 1.35 bits per heavy atom. The zero-order chi connectivity index (χ0) is 16.7. The second kappa shape index (κ2) is 6.19. The molecule has 2 aromatic rings. The Kier molecular flexibility index (Phi) is 4.40. The van der Waals surface area contributed by atoms with Crippen LogP contribution >= 0.6 is 0 Å². The van der Waals surface area contributed by atoms with Crippen LogP contribution in [0.4, 0.5) is 5.82 Å². The van der Waals surface area contributed by atoms with Gasteiger partial charge in [0.05, 0.1) is 5.69 Å². The van der Waals surface area contributed by atoms with E-state index >= 15 is 0 Å². The Labute approximate surface area is 139 Å². The standard InChI is InChI=1S/C16H25N5OS/c1-10(23(5)22)8-21(9-13-6-7-13)16-15-14(17-12(3)18-16)11(2)19-20(15)4/h10,13H,6-9H2,1-5H3. The number of hydrogen-bond donors (Lipinski definition) is 0. The Morgan fingerprint density at radius 3 is 2.65 bits per heavy atom. The van der Waals surface area contributed by atoms with Crippen molar-refractivity contribution in [3.05, 3.63) is 11.5 Å². The first kappa shape index (κ1) is 16.4. The van der Waals surface area contributed by atoms with Gasteiger partial charge in [0, 0.05) is 42.4 Å². The maximum Gasteiger partial charge on any atom is 0.158 e. The van der Waals surface area contributed by atoms with Gasteiger partial charge in [0.25, 0.3) is 0 Å². The van der Waals surface area contributed by atoms with Crippen molar-refractivity contribution in [2.45, 2.75) is 38.9 Å². The molecule has 2 aromatic heterocycles. The second-order valence-corrected chi connectivity index (χ2v) is 8.46. The van der Waals surface area contributed by atoms with Gasteiger partial charge in [-0.05, 0) is 39.5 Å². The molecule has 0 aliphatic heterocycles. The van der Waals surface area contributed by atoms with Crippen molar-refractivity contribution in [2.75, 3.05) is 24.2 Å². The molecule has 126 valence electrons. The molecular weight excluding hydrogens is 310 g/mol. The molecule has 2 heterocycles. The number of aryl methyl sites for hydroxylation is 3. The average molecular weight is 335 g/mol. The van der Waals surface area contributed by atoms with E-state index in [0.29, 0.717) is 0 Å². The zero-order valence-corrected chi connectivity index (χ0v) is 15.4. The summed E-state index contributed by atoms with van der Waals surface area (Å²) in [6.07, 6.45) is 4.32. The first-order valence-electron chi connectivity index (χ1n) is 8.12. The van der Waals surface area contributed by atoms with Crippen molar-refractivity contribution in [1.82, 2.24) is 19.7 Å². The highest BCUT2D eigenvalue weighted by Crippen LogP contribution is 2.33. The number of aromatic nitrogens is 4. The van der Waals surface area contributed by atoms with Crippen LogP contribution in [0, 0.1) is 19.8 Å². The highest BCUT2D eigenvalue weighted by atomic mass is 32.2. The largest absolute Gasteiger partial charge is 0.353 e. The fourth-order valence-corrected chi connectivity index (χ4v) is 3.31. The van der Waals surface area contributed by atoms with Gasteiger partial charge in [-0.3, -0.25) is 8.89 Å². The van der Waals surface area contributed by atoms with E-state index in [0.717, 1.165) is 47.4 Å². The molecule has 0 amide bonds. The molecule has 1 fully saturated rings. The highest BCUT2D eigenvalue weighted by Gasteiger charge is 2.28. The summed E-state index contributed by atoms with van der Waals surface area (Å²) in [5.74, 6) is 2.42.